The molecule has 1 fully saturated rings. The number of halogens is 2. The monoisotopic (exact) mass is 272 g/mol. The van der Waals surface area contributed by atoms with Gasteiger partial charge in [0, 0.05) is 12.8 Å². The Morgan fingerprint density at radius 1 is 1.60 bits per heavy atom. The van der Waals surface area contributed by atoms with Crippen LogP contribution in [0.25, 0.3) is 0 Å². The van der Waals surface area contributed by atoms with E-state index in [4.69, 9.17) is 4.74 Å². The highest BCUT2D eigenvalue weighted by molar-refractivity contribution is 9.10. The Balaban J connectivity index is 2.07. The van der Waals surface area contributed by atoms with Gasteiger partial charge in [-0.1, -0.05) is 6.07 Å². The highest BCUT2D eigenvalue weighted by Crippen LogP contribution is 2.43. The predicted octanol–water partition coefficient (Wildman–Crippen LogP) is 3.01. The molecular weight excluding hydrogens is 263 g/mol. The standard InChI is InChI=1S/C11H10BrFO2/c1-6(14)15-11-5-8(11)7-2-3-9(12)10(13)4-7/h2-4,8,11H,5H2,1H3/t8-,11+/m1/s1. The first-order valence-electron chi connectivity index (χ1n) is 4.70. The molecule has 0 amide bonds. The van der Waals surface area contributed by atoms with Crippen LogP contribution in [-0.4, -0.2) is 12.1 Å². The van der Waals surface area contributed by atoms with E-state index in [1.165, 1.54) is 13.0 Å². The zero-order valence-corrected chi connectivity index (χ0v) is 9.75. The SMILES string of the molecule is CC(=O)O[C@H]1C[C@@H]1c1ccc(Br)c(F)c1. The Hall–Kier alpha value is -0.900. The van der Waals surface area contributed by atoms with Crippen molar-refractivity contribution < 1.29 is 13.9 Å². The van der Waals surface area contributed by atoms with Gasteiger partial charge in [-0.3, -0.25) is 4.79 Å². The molecule has 80 valence electrons. The fourth-order valence-corrected chi connectivity index (χ4v) is 1.86. The van der Waals surface area contributed by atoms with Gasteiger partial charge in [-0.05, 0) is 40.0 Å². The molecule has 1 saturated carbocycles. The maximum absolute atomic E-state index is 13.2. The van der Waals surface area contributed by atoms with E-state index in [2.05, 4.69) is 15.9 Å². The van der Waals surface area contributed by atoms with E-state index in [1.54, 1.807) is 6.07 Å². The van der Waals surface area contributed by atoms with Gasteiger partial charge in [0.1, 0.15) is 11.9 Å². The molecule has 0 heterocycles. The highest BCUT2D eigenvalue weighted by atomic mass is 79.9. The molecule has 2 nitrogen and oxygen atoms in total. The van der Waals surface area contributed by atoms with Crippen LogP contribution in [0.3, 0.4) is 0 Å². The second-order valence-electron chi connectivity index (χ2n) is 3.66. The molecule has 0 aromatic heterocycles. The van der Waals surface area contributed by atoms with Crippen LogP contribution in [0.1, 0.15) is 24.8 Å². The van der Waals surface area contributed by atoms with Crippen molar-refractivity contribution in [2.75, 3.05) is 0 Å². The quantitative estimate of drug-likeness (QED) is 0.774. The van der Waals surface area contributed by atoms with Gasteiger partial charge in [-0.2, -0.15) is 0 Å². The third-order valence-corrected chi connectivity index (χ3v) is 3.06. The topological polar surface area (TPSA) is 26.3 Å². The van der Waals surface area contributed by atoms with E-state index in [0.29, 0.717) is 4.47 Å². The first kappa shape index (κ1) is 10.6. The molecule has 4 heteroatoms. The molecule has 0 aliphatic heterocycles. The van der Waals surface area contributed by atoms with Crippen molar-refractivity contribution in [1.29, 1.82) is 0 Å². The molecule has 1 aliphatic rings. The number of ether oxygens (including phenoxy) is 1. The van der Waals surface area contributed by atoms with Crippen molar-refractivity contribution in [1.82, 2.24) is 0 Å². The second kappa shape index (κ2) is 3.93. The average Bonchev–Trinajstić information content (AvgIpc) is 2.88. The lowest BCUT2D eigenvalue weighted by Crippen LogP contribution is -2.02. The summed E-state index contributed by atoms with van der Waals surface area (Å²) in [5.41, 5.74) is 0.891. The minimum atomic E-state index is -0.278. The van der Waals surface area contributed by atoms with Gasteiger partial charge in [-0.25, -0.2) is 4.39 Å². The summed E-state index contributed by atoms with van der Waals surface area (Å²) in [4.78, 5) is 10.7. The summed E-state index contributed by atoms with van der Waals surface area (Å²) in [6.45, 7) is 1.39. The van der Waals surface area contributed by atoms with Crippen LogP contribution < -0.4 is 0 Å². The molecule has 2 atom stereocenters. The van der Waals surface area contributed by atoms with E-state index in [0.717, 1.165) is 12.0 Å². The number of benzene rings is 1. The van der Waals surface area contributed by atoms with Crippen molar-refractivity contribution in [3.05, 3.63) is 34.1 Å². The molecule has 0 unspecified atom stereocenters. The number of esters is 1. The number of carbonyl (C=O) groups excluding carboxylic acids is 1. The summed E-state index contributed by atoms with van der Waals surface area (Å²) in [6, 6.07) is 5.01. The van der Waals surface area contributed by atoms with Crippen LogP contribution in [0.2, 0.25) is 0 Å². The van der Waals surface area contributed by atoms with Crippen molar-refractivity contribution >= 4 is 21.9 Å². The lowest BCUT2D eigenvalue weighted by Gasteiger charge is -2.02. The molecule has 0 bridgehead atoms. The highest BCUT2D eigenvalue weighted by Gasteiger charge is 2.41. The van der Waals surface area contributed by atoms with Gasteiger partial charge in [0.15, 0.2) is 0 Å². The molecule has 1 aromatic carbocycles. The molecule has 1 aromatic rings. The fourth-order valence-electron chi connectivity index (χ4n) is 1.61. The maximum atomic E-state index is 13.2. The third-order valence-electron chi connectivity index (χ3n) is 2.42. The summed E-state index contributed by atoms with van der Waals surface area (Å²) < 4.78 is 18.7. The molecular formula is C11H10BrFO2. The third kappa shape index (κ3) is 2.37. The van der Waals surface area contributed by atoms with E-state index in [-0.39, 0.29) is 23.8 Å². The summed E-state index contributed by atoms with van der Waals surface area (Å²) in [5.74, 6) is -0.391. The maximum Gasteiger partial charge on any atom is 0.302 e. The van der Waals surface area contributed by atoms with Crippen LogP contribution in [0.15, 0.2) is 22.7 Å². The fraction of sp³-hybridized carbons (Fsp3) is 0.364. The van der Waals surface area contributed by atoms with E-state index < -0.39 is 0 Å². The lowest BCUT2D eigenvalue weighted by molar-refractivity contribution is -0.142. The number of carbonyl (C=O) groups is 1. The number of rotatable bonds is 2. The Labute approximate surface area is 95.6 Å². The Morgan fingerprint density at radius 3 is 2.93 bits per heavy atom. The Morgan fingerprint density at radius 2 is 2.33 bits per heavy atom. The zero-order chi connectivity index (χ0) is 11.0. The van der Waals surface area contributed by atoms with Gasteiger partial charge in [0.2, 0.25) is 0 Å². The molecule has 15 heavy (non-hydrogen) atoms. The minimum absolute atomic E-state index is 0.0666. The van der Waals surface area contributed by atoms with Crippen molar-refractivity contribution in [3.8, 4) is 0 Å². The predicted molar refractivity (Wildman–Crippen MR) is 57.0 cm³/mol. The van der Waals surface area contributed by atoms with Crippen LogP contribution in [0, 0.1) is 5.82 Å². The minimum Gasteiger partial charge on any atom is -0.462 e. The van der Waals surface area contributed by atoms with Crippen molar-refractivity contribution in [2.24, 2.45) is 0 Å². The molecule has 2 rings (SSSR count). The van der Waals surface area contributed by atoms with Gasteiger partial charge < -0.3 is 4.74 Å². The first-order valence-corrected chi connectivity index (χ1v) is 5.49. The normalized spacial score (nSPS) is 23.7. The molecule has 0 N–H and O–H groups in total. The van der Waals surface area contributed by atoms with Crippen LogP contribution >= 0.6 is 15.9 Å². The zero-order valence-electron chi connectivity index (χ0n) is 8.17. The van der Waals surface area contributed by atoms with E-state index in [9.17, 15) is 9.18 Å². The van der Waals surface area contributed by atoms with Gasteiger partial charge in [-0.15, -0.1) is 0 Å². The summed E-state index contributed by atoms with van der Waals surface area (Å²) in [5, 5.41) is 0. The molecule has 1 aliphatic carbocycles. The molecule has 0 spiro atoms. The van der Waals surface area contributed by atoms with Gasteiger partial charge in [0.05, 0.1) is 4.47 Å². The molecule has 0 radical (unpaired) electrons. The Bertz CT molecular complexity index is 406. The van der Waals surface area contributed by atoms with Crippen LogP contribution in [-0.2, 0) is 9.53 Å². The van der Waals surface area contributed by atoms with Crippen LogP contribution in [0.5, 0.6) is 0 Å². The molecule has 0 saturated heterocycles. The van der Waals surface area contributed by atoms with Crippen molar-refractivity contribution in [2.45, 2.75) is 25.4 Å². The van der Waals surface area contributed by atoms with Gasteiger partial charge >= 0.3 is 5.97 Å². The van der Waals surface area contributed by atoms with E-state index >= 15 is 0 Å². The first-order chi connectivity index (χ1) is 7.08. The van der Waals surface area contributed by atoms with Crippen LogP contribution in [0.4, 0.5) is 4.39 Å². The summed E-state index contributed by atoms with van der Waals surface area (Å²) in [6.07, 6.45) is 0.726. The lowest BCUT2D eigenvalue weighted by atomic mass is 10.1. The summed E-state index contributed by atoms with van der Waals surface area (Å²) in [7, 11) is 0. The Kier molecular flexibility index (Phi) is 2.78. The van der Waals surface area contributed by atoms with E-state index in [1.807, 2.05) is 6.07 Å². The largest absolute Gasteiger partial charge is 0.462 e. The number of hydrogen-bond acceptors (Lipinski definition) is 2. The second-order valence-corrected chi connectivity index (χ2v) is 4.52. The van der Waals surface area contributed by atoms with Gasteiger partial charge in [0.25, 0.3) is 0 Å². The summed E-state index contributed by atoms with van der Waals surface area (Å²) >= 11 is 3.09. The number of hydrogen-bond donors (Lipinski definition) is 0. The van der Waals surface area contributed by atoms with Crippen molar-refractivity contribution in [3.63, 3.8) is 0 Å². The smallest absolute Gasteiger partial charge is 0.302 e. The average molecular weight is 273 g/mol.